The smallest absolute Gasteiger partial charge is 0.0433 e. The highest BCUT2D eigenvalue weighted by atomic mass is 16.3. The van der Waals surface area contributed by atoms with E-state index in [-0.39, 0.29) is 0 Å². The molecule has 1 N–H and O–H groups in total. The number of aliphatic hydroxyl groups excluding tert-OH is 1. The quantitative estimate of drug-likeness (QED) is 0.222. The summed E-state index contributed by atoms with van der Waals surface area (Å²) >= 11 is 0. The van der Waals surface area contributed by atoms with Crippen LogP contribution in [-0.2, 0) is 0 Å². The predicted molar refractivity (Wildman–Crippen MR) is 110 cm³/mol. The molecule has 0 saturated heterocycles. The number of hydrogen-bond donors (Lipinski definition) is 1. The second kappa shape index (κ2) is 21.0. The largest absolute Gasteiger partial charge is 0.396 e. The first-order valence-corrected chi connectivity index (χ1v) is 11.5. The zero-order valence-corrected chi connectivity index (χ0v) is 17.2. The molecule has 0 bridgehead atoms. The minimum absolute atomic E-state index is 0.372. The van der Waals surface area contributed by atoms with Gasteiger partial charge in [-0.25, -0.2) is 0 Å². The van der Waals surface area contributed by atoms with Crippen molar-refractivity contribution in [3.63, 3.8) is 0 Å². The Labute approximate surface area is 154 Å². The van der Waals surface area contributed by atoms with Crippen LogP contribution in [0.25, 0.3) is 0 Å². The Morgan fingerprint density at radius 3 is 1.21 bits per heavy atom. The van der Waals surface area contributed by atoms with Gasteiger partial charge in [0, 0.05) is 6.61 Å². The van der Waals surface area contributed by atoms with E-state index < -0.39 is 0 Å². The molecule has 0 radical (unpaired) electrons. The van der Waals surface area contributed by atoms with Gasteiger partial charge in [-0.05, 0) is 12.3 Å². The highest BCUT2D eigenvalue weighted by Crippen LogP contribution is 2.18. The normalized spacial score (nSPS) is 12.6. The molecule has 0 fully saturated rings. The Bertz CT molecular complexity index is 214. The van der Waals surface area contributed by atoms with Gasteiger partial charge in [0.15, 0.2) is 0 Å². The maximum atomic E-state index is 9.00. The van der Waals surface area contributed by atoms with E-state index in [1.54, 1.807) is 0 Å². The lowest BCUT2D eigenvalue weighted by molar-refractivity contribution is 0.246. The minimum atomic E-state index is 0.372. The Morgan fingerprint density at radius 1 is 0.500 bits per heavy atom. The van der Waals surface area contributed by atoms with Gasteiger partial charge in [0.2, 0.25) is 0 Å². The third-order valence-corrected chi connectivity index (χ3v) is 5.58. The summed E-state index contributed by atoms with van der Waals surface area (Å²) in [5.41, 5.74) is 0. The van der Waals surface area contributed by atoms with Crippen molar-refractivity contribution in [1.82, 2.24) is 0 Å². The van der Waals surface area contributed by atoms with Gasteiger partial charge in [-0.2, -0.15) is 0 Å². The molecule has 1 nitrogen and oxygen atoms in total. The van der Waals surface area contributed by atoms with Crippen LogP contribution in [0, 0.1) is 5.92 Å². The van der Waals surface area contributed by atoms with Crippen LogP contribution in [0.1, 0.15) is 136 Å². The van der Waals surface area contributed by atoms with Gasteiger partial charge in [0.1, 0.15) is 0 Å². The molecule has 0 heterocycles. The van der Waals surface area contributed by atoms with Crippen LogP contribution in [0.3, 0.4) is 0 Å². The van der Waals surface area contributed by atoms with E-state index in [0.717, 1.165) is 12.3 Å². The van der Waals surface area contributed by atoms with Crippen LogP contribution >= 0.6 is 0 Å². The maximum absolute atomic E-state index is 9.00. The van der Waals surface area contributed by atoms with Gasteiger partial charge >= 0.3 is 0 Å². The first kappa shape index (κ1) is 24.0. The van der Waals surface area contributed by atoms with Crippen LogP contribution in [0.5, 0.6) is 0 Å². The van der Waals surface area contributed by atoms with Gasteiger partial charge in [0.05, 0.1) is 0 Å². The van der Waals surface area contributed by atoms with Crippen molar-refractivity contribution in [1.29, 1.82) is 0 Å². The summed E-state index contributed by atoms with van der Waals surface area (Å²) in [4.78, 5) is 0. The highest BCUT2D eigenvalue weighted by molar-refractivity contribution is 4.57. The first-order chi connectivity index (χ1) is 11.8. The van der Waals surface area contributed by atoms with Crippen molar-refractivity contribution in [3.05, 3.63) is 0 Å². The molecular weight excluding hydrogens is 292 g/mol. The standard InChI is InChI=1S/C23H48O/c1-3-5-6-7-8-9-10-11-12-13-14-15-16-17-18-19-20-23(4-2)21-22-24/h23-24H,3-22H2,1-2H3. The summed E-state index contributed by atoms with van der Waals surface area (Å²) in [6.45, 7) is 4.92. The fourth-order valence-corrected chi connectivity index (χ4v) is 3.72. The van der Waals surface area contributed by atoms with Crippen LogP contribution in [-0.4, -0.2) is 11.7 Å². The van der Waals surface area contributed by atoms with E-state index in [1.165, 1.54) is 116 Å². The monoisotopic (exact) mass is 340 g/mol. The first-order valence-electron chi connectivity index (χ1n) is 11.5. The van der Waals surface area contributed by atoms with E-state index in [1.807, 2.05) is 0 Å². The summed E-state index contributed by atoms with van der Waals surface area (Å²) in [5, 5.41) is 9.00. The van der Waals surface area contributed by atoms with Gasteiger partial charge in [-0.15, -0.1) is 0 Å². The van der Waals surface area contributed by atoms with Crippen molar-refractivity contribution < 1.29 is 5.11 Å². The van der Waals surface area contributed by atoms with Gasteiger partial charge < -0.3 is 5.11 Å². The number of hydrogen-bond acceptors (Lipinski definition) is 1. The molecular formula is C23H48O. The van der Waals surface area contributed by atoms with E-state index in [9.17, 15) is 0 Å². The molecule has 1 atom stereocenters. The summed E-state index contributed by atoms with van der Waals surface area (Å²) in [6.07, 6.45) is 26.6. The summed E-state index contributed by atoms with van der Waals surface area (Å²) in [5.74, 6) is 0.765. The zero-order chi connectivity index (χ0) is 17.7. The third-order valence-electron chi connectivity index (χ3n) is 5.58. The molecule has 1 unspecified atom stereocenters. The van der Waals surface area contributed by atoms with Gasteiger partial charge in [-0.1, -0.05) is 129 Å². The molecule has 0 aromatic heterocycles. The Kier molecular flexibility index (Phi) is 21.0. The van der Waals surface area contributed by atoms with E-state index in [2.05, 4.69) is 13.8 Å². The lowest BCUT2D eigenvalue weighted by atomic mass is 9.95. The molecule has 1 heteroatoms. The predicted octanol–water partition coefficient (Wildman–Crippen LogP) is 8.05. The number of unbranched alkanes of at least 4 members (excludes halogenated alkanes) is 15. The van der Waals surface area contributed by atoms with Crippen molar-refractivity contribution in [2.75, 3.05) is 6.61 Å². The van der Waals surface area contributed by atoms with Crippen molar-refractivity contribution in [2.45, 2.75) is 136 Å². The lowest BCUT2D eigenvalue weighted by Crippen LogP contribution is -2.01. The molecule has 0 amide bonds. The second-order valence-electron chi connectivity index (χ2n) is 7.88. The third kappa shape index (κ3) is 18.3. The van der Waals surface area contributed by atoms with Crippen LogP contribution < -0.4 is 0 Å². The van der Waals surface area contributed by atoms with Crippen LogP contribution in [0.2, 0.25) is 0 Å². The summed E-state index contributed by atoms with van der Waals surface area (Å²) in [6, 6.07) is 0. The SMILES string of the molecule is CCCCCCCCCCCCCCCCCCC(CC)CCO. The number of rotatable bonds is 20. The van der Waals surface area contributed by atoms with Gasteiger partial charge in [-0.3, -0.25) is 0 Å². The molecule has 24 heavy (non-hydrogen) atoms. The molecule has 0 saturated carbocycles. The summed E-state index contributed by atoms with van der Waals surface area (Å²) in [7, 11) is 0. The fraction of sp³-hybridized carbons (Fsp3) is 1.00. The van der Waals surface area contributed by atoms with Crippen molar-refractivity contribution in [2.24, 2.45) is 5.92 Å². The minimum Gasteiger partial charge on any atom is -0.396 e. The Morgan fingerprint density at radius 2 is 0.875 bits per heavy atom. The van der Waals surface area contributed by atoms with Crippen LogP contribution in [0.4, 0.5) is 0 Å². The lowest BCUT2D eigenvalue weighted by Gasteiger charge is -2.12. The van der Waals surface area contributed by atoms with E-state index in [0.29, 0.717) is 6.61 Å². The average Bonchev–Trinajstić information content (AvgIpc) is 2.60. The van der Waals surface area contributed by atoms with Crippen LogP contribution in [0.15, 0.2) is 0 Å². The molecule has 146 valence electrons. The van der Waals surface area contributed by atoms with E-state index in [4.69, 9.17) is 5.11 Å². The fourth-order valence-electron chi connectivity index (χ4n) is 3.72. The average molecular weight is 341 g/mol. The number of aliphatic hydroxyl groups is 1. The molecule has 0 aliphatic heterocycles. The topological polar surface area (TPSA) is 20.2 Å². The second-order valence-corrected chi connectivity index (χ2v) is 7.88. The van der Waals surface area contributed by atoms with Crippen molar-refractivity contribution >= 4 is 0 Å². The molecule has 0 aromatic rings. The summed E-state index contributed by atoms with van der Waals surface area (Å²) < 4.78 is 0. The van der Waals surface area contributed by atoms with Gasteiger partial charge in [0.25, 0.3) is 0 Å². The Hall–Kier alpha value is -0.0400. The Balaban J connectivity index is 3.07. The molecule has 0 spiro atoms. The highest BCUT2D eigenvalue weighted by Gasteiger charge is 2.04. The maximum Gasteiger partial charge on any atom is 0.0433 e. The van der Waals surface area contributed by atoms with Crippen molar-refractivity contribution in [3.8, 4) is 0 Å². The zero-order valence-electron chi connectivity index (χ0n) is 17.2. The van der Waals surface area contributed by atoms with E-state index >= 15 is 0 Å². The molecule has 0 aromatic carbocycles. The molecule has 0 rings (SSSR count). The molecule has 0 aliphatic carbocycles. The molecule has 0 aliphatic rings.